The Labute approximate surface area is 137 Å². The van der Waals surface area contributed by atoms with Gasteiger partial charge in [0.05, 0.1) is 3.79 Å². The Balaban J connectivity index is 2.89. The molecule has 0 aliphatic rings. The summed E-state index contributed by atoms with van der Waals surface area (Å²) in [4.78, 5) is 13.0. The average molecular weight is 399 g/mol. The van der Waals surface area contributed by atoms with E-state index in [9.17, 15) is 13.2 Å². The van der Waals surface area contributed by atoms with E-state index >= 15 is 0 Å². The SMILES string of the molecule is CCN(CC)CC(C)NS(=O)(=O)c1cc(C(=O)O)sc1Br. The van der Waals surface area contributed by atoms with E-state index in [1.807, 2.05) is 13.8 Å². The molecule has 1 atom stereocenters. The number of carbonyl (C=O) groups is 1. The Morgan fingerprint density at radius 2 is 2.05 bits per heavy atom. The maximum atomic E-state index is 12.3. The van der Waals surface area contributed by atoms with Crippen LogP contribution in [0.2, 0.25) is 0 Å². The van der Waals surface area contributed by atoms with Crippen LogP contribution in [0.5, 0.6) is 0 Å². The van der Waals surface area contributed by atoms with Crippen LogP contribution in [0, 0.1) is 0 Å². The number of aromatic carboxylic acids is 1. The highest BCUT2D eigenvalue weighted by atomic mass is 79.9. The fraction of sp³-hybridized carbons (Fsp3) is 0.583. The van der Waals surface area contributed by atoms with Crippen LogP contribution in [0.3, 0.4) is 0 Å². The Morgan fingerprint density at radius 1 is 1.48 bits per heavy atom. The lowest BCUT2D eigenvalue weighted by Crippen LogP contribution is -2.41. The highest BCUT2D eigenvalue weighted by Crippen LogP contribution is 2.31. The highest BCUT2D eigenvalue weighted by molar-refractivity contribution is 9.11. The number of nitrogens with one attached hydrogen (secondary N) is 1. The topological polar surface area (TPSA) is 86.7 Å². The first-order valence-corrected chi connectivity index (χ1v) is 9.57. The first-order valence-electron chi connectivity index (χ1n) is 6.48. The molecule has 0 spiro atoms. The predicted molar refractivity (Wildman–Crippen MR) is 86.5 cm³/mol. The van der Waals surface area contributed by atoms with Gasteiger partial charge in [-0.2, -0.15) is 0 Å². The van der Waals surface area contributed by atoms with Crippen molar-refractivity contribution in [3.8, 4) is 0 Å². The van der Waals surface area contributed by atoms with Crippen molar-refractivity contribution in [3.05, 3.63) is 14.7 Å². The van der Waals surface area contributed by atoms with Gasteiger partial charge in [-0.25, -0.2) is 17.9 Å². The lowest BCUT2D eigenvalue weighted by Gasteiger charge is -2.23. The summed E-state index contributed by atoms with van der Waals surface area (Å²) in [6.07, 6.45) is 0. The summed E-state index contributed by atoms with van der Waals surface area (Å²) in [5, 5.41) is 8.92. The number of likely N-dealkylation sites (N-methyl/N-ethyl adjacent to an activating group) is 1. The van der Waals surface area contributed by atoms with Gasteiger partial charge in [0, 0.05) is 12.6 Å². The van der Waals surface area contributed by atoms with Crippen molar-refractivity contribution in [1.82, 2.24) is 9.62 Å². The molecule has 2 N–H and O–H groups in total. The monoisotopic (exact) mass is 398 g/mol. The van der Waals surface area contributed by atoms with Gasteiger partial charge in [-0.3, -0.25) is 0 Å². The van der Waals surface area contributed by atoms with E-state index in [2.05, 4.69) is 25.6 Å². The van der Waals surface area contributed by atoms with Crippen molar-refractivity contribution in [1.29, 1.82) is 0 Å². The molecular formula is C12H19BrN2O4S2. The minimum absolute atomic E-state index is 0.0151. The normalized spacial score (nSPS) is 13.6. The number of carboxylic acid groups (broad SMARTS) is 1. The van der Waals surface area contributed by atoms with Crippen molar-refractivity contribution in [3.63, 3.8) is 0 Å². The molecule has 0 amide bonds. The van der Waals surface area contributed by atoms with E-state index in [4.69, 9.17) is 5.11 Å². The van der Waals surface area contributed by atoms with E-state index in [-0.39, 0.29) is 15.8 Å². The number of carboxylic acids is 1. The summed E-state index contributed by atoms with van der Waals surface area (Å²) in [5.41, 5.74) is 0. The maximum absolute atomic E-state index is 12.3. The molecule has 0 fully saturated rings. The molecule has 0 aliphatic heterocycles. The minimum Gasteiger partial charge on any atom is -0.477 e. The summed E-state index contributed by atoms with van der Waals surface area (Å²) >= 11 is 4.00. The molecular weight excluding hydrogens is 380 g/mol. The van der Waals surface area contributed by atoms with Gasteiger partial charge >= 0.3 is 5.97 Å². The number of rotatable bonds is 8. The first-order chi connectivity index (χ1) is 9.71. The van der Waals surface area contributed by atoms with Gasteiger partial charge in [-0.1, -0.05) is 13.8 Å². The second kappa shape index (κ2) is 7.68. The number of halogens is 1. The fourth-order valence-electron chi connectivity index (χ4n) is 1.88. The van der Waals surface area contributed by atoms with Gasteiger partial charge in [0.1, 0.15) is 9.77 Å². The zero-order valence-electron chi connectivity index (χ0n) is 12.1. The molecule has 1 heterocycles. The lowest BCUT2D eigenvalue weighted by molar-refractivity contribution is 0.0702. The zero-order chi connectivity index (χ0) is 16.2. The molecule has 1 rings (SSSR count). The van der Waals surface area contributed by atoms with Gasteiger partial charge in [0.15, 0.2) is 0 Å². The van der Waals surface area contributed by atoms with Gasteiger partial charge in [-0.15, -0.1) is 11.3 Å². The molecule has 1 unspecified atom stereocenters. The van der Waals surface area contributed by atoms with E-state index in [1.165, 1.54) is 6.07 Å². The Kier molecular flexibility index (Phi) is 6.79. The second-order valence-electron chi connectivity index (χ2n) is 4.56. The van der Waals surface area contributed by atoms with E-state index in [0.29, 0.717) is 10.3 Å². The van der Waals surface area contributed by atoms with Crippen LogP contribution in [0.25, 0.3) is 0 Å². The average Bonchev–Trinajstić information content (AvgIpc) is 2.78. The van der Waals surface area contributed by atoms with Crippen molar-refractivity contribution >= 4 is 43.3 Å². The highest BCUT2D eigenvalue weighted by Gasteiger charge is 2.25. The van der Waals surface area contributed by atoms with Crippen molar-refractivity contribution in [2.45, 2.75) is 31.7 Å². The smallest absolute Gasteiger partial charge is 0.345 e. The summed E-state index contributed by atoms with van der Waals surface area (Å²) in [5.74, 6) is -1.14. The van der Waals surface area contributed by atoms with Crippen molar-refractivity contribution in [2.24, 2.45) is 0 Å². The van der Waals surface area contributed by atoms with E-state index in [1.54, 1.807) is 6.92 Å². The van der Waals surface area contributed by atoms with Gasteiger partial charge in [-0.05, 0) is 42.0 Å². The van der Waals surface area contributed by atoms with E-state index < -0.39 is 16.0 Å². The number of hydrogen-bond acceptors (Lipinski definition) is 5. The molecule has 0 bridgehead atoms. The second-order valence-corrected chi connectivity index (χ2v) is 8.61. The summed E-state index contributed by atoms with van der Waals surface area (Å²) in [7, 11) is -3.74. The summed E-state index contributed by atoms with van der Waals surface area (Å²) in [6, 6.07) is 0.902. The maximum Gasteiger partial charge on any atom is 0.345 e. The Hall–Kier alpha value is -0.480. The Bertz CT molecular complexity index is 596. The number of hydrogen-bond donors (Lipinski definition) is 2. The van der Waals surface area contributed by atoms with Gasteiger partial charge in [0.25, 0.3) is 0 Å². The van der Waals surface area contributed by atoms with Crippen LogP contribution < -0.4 is 4.72 Å². The molecule has 120 valence electrons. The number of thiophene rings is 1. The van der Waals surface area contributed by atoms with Crippen molar-refractivity contribution in [2.75, 3.05) is 19.6 Å². The van der Waals surface area contributed by atoms with Crippen LogP contribution in [0.15, 0.2) is 14.7 Å². The molecule has 6 nitrogen and oxygen atoms in total. The largest absolute Gasteiger partial charge is 0.477 e. The third-order valence-electron chi connectivity index (χ3n) is 2.94. The first kappa shape index (κ1) is 18.6. The number of nitrogens with zero attached hydrogens (tertiary/aromatic N) is 1. The molecule has 0 aromatic carbocycles. The van der Waals surface area contributed by atoms with Crippen LogP contribution in [0.1, 0.15) is 30.4 Å². The molecule has 0 radical (unpaired) electrons. The quantitative estimate of drug-likeness (QED) is 0.700. The van der Waals surface area contributed by atoms with Gasteiger partial charge in [0.2, 0.25) is 10.0 Å². The molecule has 1 aromatic heterocycles. The molecule has 0 saturated carbocycles. The van der Waals surface area contributed by atoms with Crippen LogP contribution in [-0.4, -0.2) is 50.1 Å². The lowest BCUT2D eigenvalue weighted by atomic mass is 10.3. The summed E-state index contributed by atoms with van der Waals surface area (Å²) in [6.45, 7) is 8.09. The van der Waals surface area contributed by atoms with Crippen LogP contribution >= 0.6 is 27.3 Å². The van der Waals surface area contributed by atoms with Crippen molar-refractivity contribution < 1.29 is 18.3 Å². The third kappa shape index (κ3) is 5.03. The van der Waals surface area contributed by atoms with E-state index in [0.717, 1.165) is 24.4 Å². The molecule has 0 aliphatic carbocycles. The van der Waals surface area contributed by atoms with Gasteiger partial charge < -0.3 is 10.0 Å². The molecule has 0 saturated heterocycles. The predicted octanol–water partition coefficient (Wildman–Crippen LogP) is 2.22. The van der Waals surface area contributed by atoms with Crippen LogP contribution in [0.4, 0.5) is 0 Å². The zero-order valence-corrected chi connectivity index (χ0v) is 15.3. The third-order valence-corrected chi connectivity index (χ3v) is 6.77. The standard InChI is InChI=1S/C12H19BrN2O4S2/c1-4-15(5-2)7-8(3)14-21(18,19)10-6-9(12(16)17)20-11(10)13/h6,8,14H,4-5,7H2,1-3H3,(H,16,17). The molecule has 21 heavy (non-hydrogen) atoms. The minimum atomic E-state index is -3.74. The molecule has 1 aromatic rings. The molecule has 9 heteroatoms. The van der Waals surface area contributed by atoms with Crippen LogP contribution in [-0.2, 0) is 10.0 Å². The number of sulfonamides is 1. The summed E-state index contributed by atoms with van der Waals surface area (Å²) < 4.78 is 27.5. The fourth-order valence-corrected chi connectivity index (χ4v) is 5.51. The Morgan fingerprint density at radius 3 is 2.48 bits per heavy atom.